The molecular formula is C15H16ClNO3S. The summed E-state index contributed by atoms with van der Waals surface area (Å²) in [6, 6.07) is 7.84. The fourth-order valence-corrected chi connectivity index (χ4v) is 3.26. The average molecular weight is 326 g/mol. The van der Waals surface area contributed by atoms with Gasteiger partial charge in [0.15, 0.2) is 11.5 Å². The van der Waals surface area contributed by atoms with Crippen LogP contribution >= 0.6 is 22.9 Å². The zero-order valence-corrected chi connectivity index (χ0v) is 13.0. The SMILES string of the molecule is OCCN(Cc1cccs1)Cc1cc2c(cc1Cl)OCO2. The zero-order valence-electron chi connectivity index (χ0n) is 11.4. The van der Waals surface area contributed by atoms with Crippen molar-refractivity contribution in [2.24, 2.45) is 0 Å². The molecule has 1 aromatic carbocycles. The third-order valence-electron chi connectivity index (χ3n) is 3.31. The number of benzene rings is 1. The molecule has 6 heteroatoms. The predicted molar refractivity (Wildman–Crippen MR) is 83.1 cm³/mol. The van der Waals surface area contributed by atoms with Gasteiger partial charge in [0.05, 0.1) is 6.61 Å². The molecule has 1 N–H and O–H groups in total. The molecule has 0 fully saturated rings. The lowest BCUT2D eigenvalue weighted by Crippen LogP contribution is -2.25. The summed E-state index contributed by atoms with van der Waals surface area (Å²) in [5.41, 5.74) is 0.978. The van der Waals surface area contributed by atoms with Crippen molar-refractivity contribution >= 4 is 22.9 Å². The van der Waals surface area contributed by atoms with Crippen molar-refractivity contribution in [2.75, 3.05) is 19.9 Å². The van der Waals surface area contributed by atoms with Crippen LogP contribution in [0.15, 0.2) is 29.6 Å². The largest absolute Gasteiger partial charge is 0.454 e. The molecule has 0 saturated heterocycles. The smallest absolute Gasteiger partial charge is 0.231 e. The van der Waals surface area contributed by atoms with Gasteiger partial charge in [0.1, 0.15) is 0 Å². The minimum atomic E-state index is 0.119. The number of nitrogens with zero attached hydrogens (tertiary/aromatic N) is 1. The second kappa shape index (κ2) is 6.66. The molecule has 0 radical (unpaired) electrons. The first-order chi connectivity index (χ1) is 10.3. The summed E-state index contributed by atoms with van der Waals surface area (Å²) in [7, 11) is 0. The number of hydrogen-bond donors (Lipinski definition) is 1. The minimum Gasteiger partial charge on any atom is -0.454 e. The number of rotatable bonds is 6. The van der Waals surface area contributed by atoms with Crippen LogP contribution in [0.5, 0.6) is 11.5 Å². The summed E-state index contributed by atoms with van der Waals surface area (Å²) in [4.78, 5) is 3.43. The Morgan fingerprint density at radius 3 is 2.76 bits per heavy atom. The van der Waals surface area contributed by atoms with Crippen LogP contribution in [-0.2, 0) is 13.1 Å². The Labute approximate surface area is 132 Å². The monoisotopic (exact) mass is 325 g/mol. The Bertz CT molecular complexity index is 603. The first-order valence-corrected chi connectivity index (χ1v) is 7.95. The summed E-state index contributed by atoms with van der Waals surface area (Å²) in [5.74, 6) is 1.42. The van der Waals surface area contributed by atoms with Crippen molar-refractivity contribution in [1.29, 1.82) is 0 Å². The van der Waals surface area contributed by atoms with Crippen molar-refractivity contribution < 1.29 is 14.6 Å². The molecule has 1 aromatic heterocycles. The van der Waals surface area contributed by atoms with E-state index in [0.717, 1.165) is 17.9 Å². The van der Waals surface area contributed by atoms with E-state index in [1.807, 2.05) is 12.1 Å². The maximum absolute atomic E-state index is 9.25. The summed E-state index contributed by atoms with van der Waals surface area (Å²) in [5, 5.41) is 12.0. The van der Waals surface area contributed by atoms with Crippen molar-refractivity contribution in [2.45, 2.75) is 13.1 Å². The molecule has 0 aliphatic carbocycles. The van der Waals surface area contributed by atoms with E-state index in [9.17, 15) is 5.11 Å². The summed E-state index contributed by atoms with van der Waals surface area (Å²) < 4.78 is 10.7. The number of aliphatic hydroxyl groups is 1. The van der Waals surface area contributed by atoms with Gasteiger partial charge in [-0.05, 0) is 23.1 Å². The predicted octanol–water partition coefficient (Wildman–Crippen LogP) is 3.12. The minimum absolute atomic E-state index is 0.119. The van der Waals surface area contributed by atoms with Crippen LogP contribution in [0, 0.1) is 0 Å². The van der Waals surface area contributed by atoms with Crippen LogP contribution in [0.3, 0.4) is 0 Å². The van der Waals surface area contributed by atoms with Crippen LogP contribution < -0.4 is 9.47 Å². The van der Waals surface area contributed by atoms with Crippen LogP contribution in [0.25, 0.3) is 0 Å². The summed E-state index contributed by atoms with van der Waals surface area (Å²) in [6.07, 6.45) is 0. The van der Waals surface area contributed by atoms with Crippen molar-refractivity contribution in [1.82, 2.24) is 4.90 Å². The van der Waals surface area contributed by atoms with Crippen LogP contribution in [0.1, 0.15) is 10.4 Å². The second-order valence-electron chi connectivity index (χ2n) is 4.81. The summed E-state index contributed by atoms with van der Waals surface area (Å²) >= 11 is 8.02. The highest BCUT2D eigenvalue weighted by Crippen LogP contribution is 2.37. The van der Waals surface area contributed by atoms with Gasteiger partial charge < -0.3 is 14.6 Å². The van der Waals surface area contributed by atoms with E-state index in [2.05, 4.69) is 16.3 Å². The molecule has 0 unspecified atom stereocenters. The molecule has 2 aromatic rings. The number of fused-ring (bicyclic) bond motifs is 1. The third kappa shape index (κ3) is 3.49. The standard InChI is InChI=1S/C15H16ClNO3S/c16-13-7-15-14(19-10-20-15)6-11(13)8-17(3-4-18)9-12-2-1-5-21-12/h1-2,5-7,18H,3-4,8-10H2. The highest BCUT2D eigenvalue weighted by Gasteiger charge is 2.18. The molecule has 3 rings (SSSR count). The molecule has 21 heavy (non-hydrogen) atoms. The number of halogens is 1. The number of aliphatic hydroxyl groups excluding tert-OH is 1. The van der Waals surface area contributed by atoms with E-state index in [1.54, 1.807) is 17.4 Å². The molecule has 0 amide bonds. The van der Waals surface area contributed by atoms with Gasteiger partial charge in [0.2, 0.25) is 6.79 Å². The number of thiophene rings is 1. The van der Waals surface area contributed by atoms with E-state index < -0.39 is 0 Å². The third-order valence-corrected chi connectivity index (χ3v) is 4.52. The van der Waals surface area contributed by atoms with E-state index in [1.165, 1.54) is 4.88 Å². The Kier molecular flexibility index (Phi) is 4.65. The first kappa shape index (κ1) is 14.7. The molecular weight excluding hydrogens is 310 g/mol. The lowest BCUT2D eigenvalue weighted by atomic mass is 10.2. The van der Waals surface area contributed by atoms with Crippen LogP contribution in [-0.4, -0.2) is 30.0 Å². The fraction of sp³-hybridized carbons (Fsp3) is 0.333. The van der Waals surface area contributed by atoms with Crippen LogP contribution in [0.2, 0.25) is 5.02 Å². The van der Waals surface area contributed by atoms with Gasteiger partial charge in [-0.25, -0.2) is 0 Å². The molecule has 0 bridgehead atoms. The zero-order chi connectivity index (χ0) is 14.7. The van der Waals surface area contributed by atoms with Crippen LogP contribution in [0.4, 0.5) is 0 Å². The first-order valence-electron chi connectivity index (χ1n) is 6.70. The number of ether oxygens (including phenoxy) is 2. The highest BCUT2D eigenvalue weighted by atomic mass is 35.5. The Morgan fingerprint density at radius 2 is 2.05 bits per heavy atom. The lowest BCUT2D eigenvalue weighted by Gasteiger charge is -2.21. The average Bonchev–Trinajstić information content (AvgIpc) is 3.10. The molecule has 112 valence electrons. The topological polar surface area (TPSA) is 41.9 Å². The van der Waals surface area contributed by atoms with Gasteiger partial charge in [-0.15, -0.1) is 11.3 Å². The van der Waals surface area contributed by atoms with Crippen molar-refractivity contribution in [3.63, 3.8) is 0 Å². The molecule has 0 atom stereocenters. The molecule has 1 aliphatic heterocycles. The summed E-state index contributed by atoms with van der Waals surface area (Å²) in [6.45, 7) is 2.41. The molecule has 0 saturated carbocycles. The van der Waals surface area contributed by atoms with Gasteiger partial charge in [-0.2, -0.15) is 0 Å². The van der Waals surface area contributed by atoms with E-state index in [-0.39, 0.29) is 13.4 Å². The Balaban J connectivity index is 1.76. The lowest BCUT2D eigenvalue weighted by molar-refractivity contribution is 0.173. The normalized spacial score (nSPS) is 13.1. The molecule has 0 spiro atoms. The van der Waals surface area contributed by atoms with Gasteiger partial charge in [-0.3, -0.25) is 4.90 Å². The maximum Gasteiger partial charge on any atom is 0.231 e. The van der Waals surface area contributed by atoms with E-state index >= 15 is 0 Å². The van der Waals surface area contributed by atoms with E-state index in [0.29, 0.717) is 23.9 Å². The highest BCUT2D eigenvalue weighted by molar-refractivity contribution is 7.09. The van der Waals surface area contributed by atoms with Gasteiger partial charge in [-0.1, -0.05) is 17.7 Å². The van der Waals surface area contributed by atoms with E-state index in [4.69, 9.17) is 21.1 Å². The molecule has 2 heterocycles. The van der Waals surface area contributed by atoms with Gasteiger partial charge in [0.25, 0.3) is 0 Å². The quantitative estimate of drug-likeness (QED) is 0.886. The Morgan fingerprint density at radius 1 is 1.24 bits per heavy atom. The number of hydrogen-bond acceptors (Lipinski definition) is 5. The van der Waals surface area contributed by atoms with Gasteiger partial charge in [0, 0.05) is 35.6 Å². The molecule has 1 aliphatic rings. The Hall–Kier alpha value is -1.27. The maximum atomic E-state index is 9.25. The molecule has 4 nitrogen and oxygen atoms in total. The fourth-order valence-electron chi connectivity index (χ4n) is 2.30. The van der Waals surface area contributed by atoms with Gasteiger partial charge >= 0.3 is 0 Å². The van der Waals surface area contributed by atoms with Crippen molar-refractivity contribution in [3.05, 3.63) is 45.1 Å². The second-order valence-corrected chi connectivity index (χ2v) is 6.25. The van der Waals surface area contributed by atoms with Crippen molar-refractivity contribution in [3.8, 4) is 11.5 Å².